The third-order valence-corrected chi connectivity index (χ3v) is 4.58. The number of rotatable bonds is 2. The van der Waals surface area contributed by atoms with Gasteiger partial charge in [0.25, 0.3) is 0 Å². The molecule has 1 fully saturated rings. The van der Waals surface area contributed by atoms with Crippen LogP contribution in [0, 0.1) is 11.7 Å². The number of nitrogens with zero attached hydrogens (tertiary/aromatic N) is 2. The minimum atomic E-state index is -0.242. The molecular formula is C16H20ClFN2. The van der Waals surface area contributed by atoms with E-state index in [4.69, 9.17) is 11.6 Å². The first-order valence-electron chi connectivity index (χ1n) is 7.37. The molecule has 0 spiro atoms. The highest BCUT2D eigenvalue weighted by Gasteiger charge is 2.25. The lowest BCUT2D eigenvalue weighted by molar-refractivity contribution is 0.289. The molecule has 1 atom stereocenters. The molecule has 4 heteroatoms. The number of halogens is 2. The quantitative estimate of drug-likeness (QED) is 0.694. The van der Waals surface area contributed by atoms with Crippen LogP contribution in [0.2, 0.25) is 0 Å². The van der Waals surface area contributed by atoms with Crippen LogP contribution in [0.1, 0.15) is 56.8 Å². The van der Waals surface area contributed by atoms with Gasteiger partial charge in [-0.15, -0.1) is 11.6 Å². The van der Waals surface area contributed by atoms with Crippen molar-refractivity contribution in [3.63, 3.8) is 0 Å². The highest BCUT2D eigenvalue weighted by Crippen LogP contribution is 2.37. The second kappa shape index (κ2) is 5.36. The van der Waals surface area contributed by atoms with Crippen molar-refractivity contribution in [1.29, 1.82) is 0 Å². The summed E-state index contributed by atoms with van der Waals surface area (Å²) in [6.45, 7) is 4.24. The first-order chi connectivity index (χ1) is 9.56. The average molecular weight is 295 g/mol. The number of benzene rings is 1. The summed E-state index contributed by atoms with van der Waals surface area (Å²) in [5, 5.41) is -0.162. The predicted molar refractivity (Wildman–Crippen MR) is 80.6 cm³/mol. The third kappa shape index (κ3) is 2.44. The Bertz CT molecular complexity index is 612. The highest BCUT2D eigenvalue weighted by atomic mass is 35.5. The van der Waals surface area contributed by atoms with Crippen LogP contribution < -0.4 is 0 Å². The van der Waals surface area contributed by atoms with Gasteiger partial charge in [-0.1, -0.05) is 6.92 Å². The van der Waals surface area contributed by atoms with Gasteiger partial charge in [0, 0.05) is 12.1 Å². The van der Waals surface area contributed by atoms with E-state index in [1.165, 1.54) is 25.0 Å². The minimum Gasteiger partial charge on any atom is -0.324 e. The SMILES string of the molecule is CC1CCC(n2c(C(C)Cl)nc3cc(F)ccc32)CC1. The summed E-state index contributed by atoms with van der Waals surface area (Å²) in [5.74, 6) is 1.43. The van der Waals surface area contributed by atoms with E-state index in [-0.39, 0.29) is 11.2 Å². The normalized spacial score (nSPS) is 25.0. The number of imidazole rings is 1. The van der Waals surface area contributed by atoms with Crippen LogP contribution in [0.25, 0.3) is 11.0 Å². The van der Waals surface area contributed by atoms with Crippen molar-refractivity contribution in [3.05, 3.63) is 29.8 Å². The van der Waals surface area contributed by atoms with E-state index < -0.39 is 0 Å². The lowest BCUT2D eigenvalue weighted by atomic mass is 9.87. The standard InChI is InChI=1S/C16H20ClFN2/c1-10-3-6-13(7-4-10)20-15-8-5-12(18)9-14(15)19-16(20)11(2)17/h5,8-11,13H,3-4,6-7H2,1-2H3. The molecule has 0 amide bonds. The molecule has 0 aliphatic heterocycles. The summed E-state index contributed by atoms with van der Waals surface area (Å²) in [6, 6.07) is 5.28. The Morgan fingerprint density at radius 2 is 2.00 bits per heavy atom. The molecule has 1 unspecified atom stereocenters. The molecule has 3 rings (SSSR count). The Labute approximate surface area is 123 Å². The van der Waals surface area contributed by atoms with Gasteiger partial charge in [-0.2, -0.15) is 0 Å². The fraction of sp³-hybridized carbons (Fsp3) is 0.562. The first-order valence-corrected chi connectivity index (χ1v) is 7.81. The lowest BCUT2D eigenvalue weighted by Crippen LogP contribution is -2.19. The van der Waals surface area contributed by atoms with Gasteiger partial charge < -0.3 is 4.57 Å². The van der Waals surface area contributed by atoms with Crippen molar-refractivity contribution in [2.24, 2.45) is 5.92 Å². The van der Waals surface area contributed by atoms with E-state index in [9.17, 15) is 4.39 Å². The van der Waals surface area contributed by atoms with Crippen LogP contribution >= 0.6 is 11.6 Å². The molecule has 1 saturated carbocycles. The summed E-state index contributed by atoms with van der Waals surface area (Å²) in [5.41, 5.74) is 1.72. The highest BCUT2D eigenvalue weighted by molar-refractivity contribution is 6.20. The van der Waals surface area contributed by atoms with E-state index in [1.807, 2.05) is 13.0 Å². The van der Waals surface area contributed by atoms with Gasteiger partial charge in [0.1, 0.15) is 11.6 Å². The molecule has 1 aromatic heterocycles. The second-order valence-corrected chi connectivity index (χ2v) is 6.66. The number of alkyl halides is 1. The number of aromatic nitrogens is 2. The molecule has 1 aliphatic carbocycles. The fourth-order valence-corrected chi connectivity index (χ4v) is 3.41. The van der Waals surface area contributed by atoms with Gasteiger partial charge in [-0.05, 0) is 50.7 Å². The molecule has 1 heterocycles. The van der Waals surface area contributed by atoms with E-state index in [1.54, 1.807) is 0 Å². The van der Waals surface area contributed by atoms with E-state index in [0.717, 1.165) is 30.1 Å². The zero-order valence-corrected chi connectivity index (χ0v) is 12.7. The zero-order chi connectivity index (χ0) is 14.3. The van der Waals surface area contributed by atoms with Crippen LogP contribution in [-0.4, -0.2) is 9.55 Å². The molecule has 0 bridgehead atoms. The van der Waals surface area contributed by atoms with Crippen molar-refractivity contribution >= 4 is 22.6 Å². The minimum absolute atomic E-state index is 0.162. The first kappa shape index (κ1) is 13.9. The maximum absolute atomic E-state index is 13.4. The van der Waals surface area contributed by atoms with Gasteiger partial charge in [0.15, 0.2) is 0 Å². The smallest absolute Gasteiger partial charge is 0.127 e. The van der Waals surface area contributed by atoms with Gasteiger partial charge >= 0.3 is 0 Å². The molecule has 1 aliphatic rings. The lowest BCUT2D eigenvalue weighted by Gasteiger charge is -2.29. The van der Waals surface area contributed by atoms with E-state index in [2.05, 4.69) is 16.5 Å². The Kier molecular flexibility index (Phi) is 3.72. The van der Waals surface area contributed by atoms with Crippen molar-refractivity contribution in [1.82, 2.24) is 9.55 Å². The zero-order valence-electron chi connectivity index (χ0n) is 11.9. The Morgan fingerprint density at radius 1 is 1.30 bits per heavy atom. The topological polar surface area (TPSA) is 17.8 Å². The average Bonchev–Trinajstić information content (AvgIpc) is 2.78. The Hall–Kier alpha value is -1.09. The number of fused-ring (bicyclic) bond motifs is 1. The molecule has 2 aromatic rings. The maximum atomic E-state index is 13.4. The van der Waals surface area contributed by atoms with Crippen molar-refractivity contribution in [2.45, 2.75) is 50.9 Å². The summed E-state index contributed by atoms with van der Waals surface area (Å²) in [7, 11) is 0. The van der Waals surface area contributed by atoms with Gasteiger partial charge in [-0.3, -0.25) is 0 Å². The van der Waals surface area contributed by atoms with Crippen molar-refractivity contribution < 1.29 is 4.39 Å². The molecule has 20 heavy (non-hydrogen) atoms. The van der Waals surface area contributed by atoms with Gasteiger partial charge in [0.2, 0.25) is 0 Å². The van der Waals surface area contributed by atoms with Gasteiger partial charge in [0.05, 0.1) is 16.4 Å². The Balaban J connectivity index is 2.09. The van der Waals surface area contributed by atoms with E-state index in [0.29, 0.717) is 11.6 Å². The second-order valence-electron chi connectivity index (χ2n) is 6.00. The Morgan fingerprint density at radius 3 is 2.65 bits per heavy atom. The van der Waals surface area contributed by atoms with E-state index >= 15 is 0 Å². The summed E-state index contributed by atoms with van der Waals surface area (Å²) >= 11 is 6.29. The molecule has 0 radical (unpaired) electrons. The van der Waals surface area contributed by atoms with Crippen LogP contribution in [0.3, 0.4) is 0 Å². The largest absolute Gasteiger partial charge is 0.324 e. The monoisotopic (exact) mass is 294 g/mol. The molecule has 0 saturated heterocycles. The van der Waals surface area contributed by atoms with Crippen LogP contribution in [-0.2, 0) is 0 Å². The molecule has 0 N–H and O–H groups in total. The predicted octanol–water partition coefficient (Wildman–Crippen LogP) is 5.23. The maximum Gasteiger partial charge on any atom is 0.127 e. The summed E-state index contributed by atoms with van der Waals surface area (Å²) in [6.07, 6.45) is 4.78. The molecular weight excluding hydrogens is 275 g/mol. The number of hydrogen-bond donors (Lipinski definition) is 0. The summed E-state index contributed by atoms with van der Waals surface area (Å²) < 4.78 is 15.6. The number of hydrogen-bond acceptors (Lipinski definition) is 1. The molecule has 108 valence electrons. The van der Waals surface area contributed by atoms with Crippen molar-refractivity contribution in [2.75, 3.05) is 0 Å². The van der Waals surface area contributed by atoms with Gasteiger partial charge in [-0.25, -0.2) is 9.37 Å². The van der Waals surface area contributed by atoms with Crippen LogP contribution in [0.4, 0.5) is 4.39 Å². The third-order valence-electron chi connectivity index (χ3n) is 4.39. The molecule has 2 nitrogen and oxygen atoms in total. The molecule has 1 aromatic carbocycles. The van der Waals surface area contributed by atoms with Crippen LogP contribution in [0.5, 0.6) is 0 Å². The fourth-order valence-electron chi connectivity index (χ4n) is 3.26. The van der Waals surface area contributed by atoms with Crippen LogP contribution in [0.15, 0.2) is 18.2 Å². The van der Waals surface area contributed by atoms with Crippen molar-refractivity contribution in [3.8, 4) is 0 Å². The summed E-state index contributed by atoms with van der Waals surface area (Å²) in [4.78, 5) is 4.56.